The van der Waals surface area contributed by atoms with Crippen molar-refractivity contribution in [2.45, 2.75) is 83.1 Å². The zero-order chi connectivity index (χ0) is 23.5. The van der Waals surface area contributed by atoms with Crippen LogP contribution in [0.4, 0.5) is 0 Å². The summed E-state index contributed by atoms with van der Waals surface area (Å²) in [6.45, 7) is 9.89. The lowest BCUT2D eigenvalue weighted by molar-refractivity contribution is -0.125. The van der Waals surface area contributed by atoms with Gasteiger partial charge in [0.15, 0.2) is 0 Å². The van der Waals surface area contributed by atoms with Crippen LogP contribution in [0.25, 0.3) is 11.1 Å². The van der Waals surface area contributed by atoms with Crippen LogP contribution in [0.2, 0.25) is 0 Å². The van der Waals surface area contributed by atoms with Crippen molar-refractivity contribution in [3.63, 3.8) is 0 Å². The van der Waals surface area contributed by atoms with Crippen LogP contribution in [-0.2, 0) is 10.2 Å². The first-order chi connectivity index (χ1) is 16.2. The van der Waals surface area contributed by atoms with Crippen LogP contribution in [0.5, 0.6) is 0 Å². The zero-order valence-corrected chi connectivity index (χ0v) is 20.7. The van der Waals surface area contributed by atoms with Gasteiger partial charge in [-0.1, -0.05) is 101 Å². The fourth-order valence-electron chi connectivity index (χ4n) is 5.42. The Bertz CT molecular complexity index is 858. The molecule has 1 amide bonds. The summed E-state index contributed by atoms with van der Waals surface area (Å²) in [4.78, 5) is 14.0. The van der Waals surface area contributed by atoms with Crippen LogP contribution in [0.15, 0.2) is 61.2 Å². The number of unbranched alkanes of at least 4 members (excludes halogenated alkanes) is 3. The molecule has 0 saturated carbocycles. The van der Waals surface area contributed by atoms with Crippen molar-refractivity contribution >= 4 is 5.91 Å². The normalized spacial score (nSPS) is 14.4. The molecule has 0 radical (unpaired) electrons. The summed E-state index contributed by atoms with van der Waals surface area (Å²) in [5.41, 5.74) is 4.16. The van der Waals surface area contributed by atoms with Gasteiger partial charge in [-0.3, -0.25) is 4.79 Å². The van der Waals surface area contributed by atoms with Gasteiger partial charge in [-0.15, -0.1) is 6.58 Å². The molecule has 0 bridgehead atoms. The minimum absolute atomic E-state index is 0.169. The van der Waals surface area contributed by atoms with E-state index in [1.54, 1.807) is 0 Å². The molecule has 2 aromatic carbocycles. The predicted octanol–water partition coefficient (Wildman–Crippen LogP) is 6.76. The fraction of sp³-hybridized carbons (Fsp3) is 0.500. The van der Waals surface area contributed by atoms with Gasteiger partial charge in [-0.2, -0.15) is 0 Å². The second kappa shape index (κ2) is 12.7. The molecule has 33 heavy (non-hydrogen) atoms. The number of carbonyl (C=O) groups is 1. The van der Waals surface area contributed by atoms with Crippen LogP contribution in [0.1, 0.15) is 82.8 Å². The van der Waals surface area contributed by atoms with E-state index in [1.165, 1.54) is 41.5 Å². The quantitative estimate of drug-likeness (QED) is 0.234. The van der Waals surface area contributed by atoms with Gasteiger partial charge in [0.25, 0.3) is 0 Å². The zero-order valence-electron chi connectivity index (χ0n) is 20.7. The third-order valence-corrected chi connectivity index (χ3v) is 7.06. The smallest absolute Gasteiger partial charge is 0.235 e. The van der Waals surface area contributed by atoms with Crippen LogP contribution in [-0.4, -0.2) is 25.0 Å². The molecule has 1 atom stereocenters. The Morgan fingerprint density at radius 2 is 1.58 bits per heavy atom. The minimum Gasteiger partial charge on any atom is -0.355 e. The first kappa shape index (κ1) is 25.2. The Kier molecular flexibility index (Phi) is 9.75. The number of carbonyl (C=O) groups excluding carboxylic acids is 1. The van der Waals surface area contributed by atoms with Crippen molar-refractivity contribution in [2.75, 3.05) is 13.1 Å². The van der Waals surface area contributed by atoms with Gasteiger partial charge in [0, 0.05) is 19.1 Å². The van der Waals surface area contributed by atoms with E-state index in [-0.39, 0.29) is 5.91 Å². The highest BCUT2D eigenvalue weighted by atomic mass is 16.2. The molecule has 0 aromatic heterocycles. The third kappa shape index (κ3) is 5.76. The number of hydrogen-bond donors (Lipinski definition) is 2. The SMILES string of the molecule is C=CCNC(CCC)CCCC1(C(=O)NCCCCCC)c2ccccc2-c2ccccc21. The number of rotatable bonds is 15. The Morgan fingerprint density at radius 3 is 2.18 bits per heavy atom. The molecule has 178 valence electrons. The van der Waals surface area contributed by atoms with Gasteiger partial charge >= 0.3 is 0 Å². The molecule has 1 aliphatic carbocycles. The van der Waals surface area contributed by atoms with Crippen LogP contribution in [0, 0.1) is 0 Å². The fourth-order valence-corrected chi connectivity index (χ4v) is 5.42. The van der Waals surface area contributed by atoms with E-state index < -0.39 is 5.41 Å². The Hall–Kier alpha value is -2.39. The summed E-state index contributed by atoms with van der Waals surface area (Å²) in [7, 11) is 0. The van der Waals surface area contributed by atoms with E-state index in [1.807, 2.05) is 6.08 Å². The van der Waals surface area contributed by atoms with Crippen LogP contribution in [0.3, 0.4) is 0 Å². The number of hydrogen-bond acceptors (Lipinski definition) is 2. The van der Waals surface area contributed by atoms with Gasteiger partial charge in [-0.25, -0.2) is 0 Å². The van der Waals surface area contributed by atoms with Crippen molar-refractivity contribution < 1.29 is 4.79 Å². The molecule has 2 N–H and O–H groups in total. The molecule has 2 aromatic rings. The second-order valence-corrected chi connectivity index (χ2v) is 9.39. The molecule has 1 unspecified atom stereocenters. The summed E-state index contributed by atoms with van der Waals surface area (Å²) in [5, 5.41) is 6.95. The Labute approximate surface area is 201 Å². The van der Waals surface area contributed by atoms with E-state index in [0.29, 0.717) is 6.04 Å². The Morgan fingerprint density at radius 1 is 0.909 bits per heavy atom. The topological polar surface area (TPSA) is 41.1 Å². The van der Waals surface area contributed by atoms with Crippen molar-refractivity contribution in [1.29, 1.82) is 0 Å². The van der Waals surface area contributed by atoms with Gasteiger partial charge in [0.05, 0.1) is 0 Å². The molecule has 0 heterocycles. The largest absolute Gasteiger partial charge is 0.355 e. The van der Waals surface area contributed by atoms with Crippen LogP contribution >= 0.6 is 0 Å². The number of benzene rings is 2. The van der Waals surface area contributed by atoms with Crippen molar-refractivity contribution in [3.8, 4) is 11.1 Å². The molecule has 3 heteroatoms. The summed E-state index contributed by atoms with van der Waals surface area (Å²) >= 11 is 0. The maximum atomic E-state index is 14.0. The average Bonchev–Trinajstić information content (AvgIpc) is 3.13. The van der Waals surface area contributed by atoms with Crippen molar-refractivity contribution in [2.24, 2.45) is 0 Å². The molecule has 1 aliphatic rings. The maximum absolute atomic E-state index is 14.0. The summed E-state index contributed by atoms with van der Waals surface area (Å²) in [6, 6.07) is 17.5. The lowest BCUT2D eigenvalue weighted by atomic mass is 9.73. The molecule has 0 fully saturated rings. The van der Waals surface area contributed by atoms with Crippen LogP contribution < -0.4 is 10.6 Å². The first-order valence-corrected chi connectivity index (χ1v) is 13.0. The third-order valence-electron chi connectivity index (χ3n) is 7.06. The standard InChI is InChI=1S/C30H42N2O/c1-4-7-8-13-23-32-29(33)30(21-14-16-24(15-5-2)31-22-6-3)27-19-11-9-17-25(27)26-18-10-12-20-28(26)30/h6,9-12,17-20,24,31H,3-5,7-8,13-16,21-23H2,1-2H3,(H,32,33). The van der Waals surface area contributed by atoms with E-state index >= 15 is 0 Å². The summed E-state index contributed by atoms with van der Waals surface area (Å²) < 4.78 is 0. The van der Waals surface area contributed by atoms with E-state index in [4.69, 9.17) is 0 Å². The number of amides is 1. The van der Waals surface area contributed by atoms with Crippen molar-refractivity contribution in [3.05, 3.63) is 72.3 Å². The predicted molar refractivity (Wildman–Crippen MR) is 141 cm³/mol. The van der Waals surface area contributed by atoms with Gasteiger partial charge in [0.1, 0.15) is 5.41 Å². The van der Waals surface area contributed by atoms with E-state index in [2.05, 4.69) is 79.6 Å². The highest BCUT2D eigenvalue weighted by molar-refractivity contribution is 6.00. The molecule has 3 nitrogen and oxygen atoms in total. The summed E-state index contributed by atoms with van der Waals surface area (Å²) in [6.07, 6.45) is 11.8. The monoisotopic (exact) mass is 446 g/mol. The summed E-state index contributed by atoms with van der Waals surface area (Å²) in [5.74, 6) is 0.169. The maximum Gasteiger partial charge on any atom is 0.235 e. The highest BCUT2D eigenvalue weighted by Crippen LogP contribution is 2.51. The minimum atomic E-state index is -0.604. The van der Waals surface area contributed by atoms with Gasteiger partial charge in [0.2, 0.25) is 5.91 Å². The lowest BCUT2D eigenvalue weighted by Crippen LogP contribution is -2.44. The lowest BCUT2D eigenvalue weighted by Gasteiger charge is -2.31. The second-order valence-electron chi connectivity index (χ2n) is 9.39. The molecule has 0 spiro atoms. The molecule has 3 rings (SSSR count). The average molecular weight is 447 g/mol. The molecular weight excluding hydrogens is 404 g/mol. The van der Waals surface area contributed by atoms with Crippen molar-refractivity contribution in [1.82, 2.24) is 10.6 Å². The van der Waals surface area contributed by atoms with Gasteiger partial charge < -0.3 is 10.6 Å². The number of nitrogens with one attached hydrogen (secondary N) is 2. The number of fused-ring (bicyclic) bond motifs is 3. The Balaban J connectivity index is 1.86. The molecular formula is C30H42N2O. The van der Waals surface area contributed by atoms with E-state index in [0.717, 1.165) is 51.6 Å². The van der Waals surface area contributed by atoms with Gasteiger partial charge in [-0.05, 0) is 47.9 Å². The highest BCUT2D eigenvalue weighted by Gasteiger charge is 2.48. The molecule has 0 aliphatic heterocycles. The molecule has 0 saturated heterocycles. The van der Waals surface area contributed by atoms with E-state index in [9.17, 15) is 4.79 Å². The first-order valence-electron chi connectivity index (χ1n) is 13.0.